The van der Waals surface area contributed by atoms with E-state index >= 15 is 0 Å². The number of aromatic nitrogens is 2. The molecular weight excluding hydrogens is 241 g/mol. The summed E-state index contributed by atoms with van der Waals surface area (Å²) in [6.07, 6.45) is 5.74. The minimum atomic E-state index is 0. The van der Waals surface area contributed by atoms with Gasteiger partial charge in [0.05, 0.1) is 18.5 Å². The number of rotatable bonds is 3. The Bertz CT molecular complexity index is 370. The number of ether oxygens (including phenoxy) is 1. The molecule has 0 unspecified atom stereocenters. The SMILES string of the molecule is CCOC(=N)c1cncc(C2CC2)n1.CC[O-].[Na+]. The summed E-state index contributed by atoms with van der Waals surface area (Å²) in [4.78, 5) is 8.41. The van der Waals surface area contributed by atoms with Crippen molar-refractivity contribution in [2.75, 3.05) is 13.2 Å². The second kappa shape index (κ2) is 9.44. The first-order valence-electron chi connectivity index (χ1n) is 5.84. The smallest absolute Gasteiger partial charge is 0.855 e. The van der Waals surface area contributed by atoms with Gasteiger partial charge in [-0.3, -0.25) is 10.4 Å². The molecule has 0 saturated heterocycles. The molecule has 94 valence electrons. The van der Waals surface area contributed by atoms with Gasteiger partial charge in [-0.1, -0.05) is 6.92 Å². The van der Waals surface area contributed by atoms with Crippen LogP contribution < -0.4 is 34.7 Å². The fourth-order valence-corrected chi connectivity index (χ4v) is 1.28. The normalized spacial score (nSPS) is 12.8. The minimum absolute atomic E-state index is 0. The van der Waals surface area contributed by atoms with Crippen molar-refractivity contribution in [3.63, 3.8) is 0 Å². The second-order valence-electron chi connectivity index (χ2n) is 3.65. The largest absolute Gasteiger partial charge is 1.00 e. The summed E-state index contributed by atoms with van der Waals surface area (Å²) in [5.74, 6) is 0.680. The molecule has 0 atom stereocenters. The van der Waals surface area contributed by atoms with Crippen molar-refractivity contribution >= 4 is 5.90 Å². The Morgan fingerprint density at radius 2 is 2.06 bits per heavy atom. The molecule has 18 heavy (non-hydrogen) atoms. The molecule has 1 N–H and O–H groups in total. The van der Waals surface area contributed by atoms with E-state index in [0.717, 1.165) is 5.69 Å². The van der Waals surface area contributed by atoms with Gasteiger partial charge in [0.25, 0.3) is 0 Å². The van der Waals surface area contributed by atoms with E-state index in [9.17, 15) is 0 Å². The van der Waals surface area contributed by atoms with Crippen molar-refractivity contribution in [1.29, 1.82) is 5.41 Å². The Morgan fingerprint density at radius 3 is 2.56 bits per heavy atom. The summed E-state index contributed by atoms with van der Waals surface area (Å²) in [5.41, 5.74) is 1.53. The average Bonchev–Trinajstić information content (AvgIpc) is 3.14. The fraction of sp³-hybridized carbons (Fsp3) is 0.583. The minimum Gasteiger partial charge on any atom is -0.855 e. The maximum absolute atomic E-state index is 8.93. The van der Waals surface area contributed by atoms with Crippen LogP contribution in [-0.2, 0) is 4.74 Å². The number of nitrogens with one attached hydrogen (secondary N) is 1. The molecular formula is C12H18N3NaO2. The summed E-state index contributed by atoms with van der Waals surface area (Å²) in [6, 6.07) is 0. The van der Waals surface area contributed by atoms with Crippen LogP contribution in [0.1, 0.15) is 44.0 Å². The third-order valence-electron chi connectivity index (χ3n) is 2.17. The quantitative estimate of drug-likeness (QED) is 0.390. The number of hydrogen-bond acceptors (Lipinski definition) is 5. The second-order valence-corrected chi connectivity index (χ2v) is 3.65. The van der Waals surface area contributed by atoms with Crippen LogP contribution in [0.15, 0.2) is 12.4 Å². The van der Waals surface area contributed by atoms with E-state index < -0.39 is 0 Å². The van der Waals surface area contributed by atoms with Crippen LogP contribution in [0.2, 0.25) is 0 Å². The molecule has 5 nitrogen and oxygen atoms in total. The van der Waals surface area contributed by atoms with Gasteiger partial charge in [0.1, 0.15) is 5.69 Å². The zero-order valence-corrected chi connectivity index (χ0v) is 13.3. The van der Waals surface area contributed by atoms with Gasteiger partial charge < -0.3 is 9.84 Å². The molecule has 0 radical (unpaired) electrons. The average molecular weight is 259 g/mol. The van der Waals surface area contributed by atoms with E-state index in [4.69, 9.17) is 15.3 Å². The van der Waals surface area contributed by atoms with Gasteiger partial charge in [-0.05, 0) is 19.8 Å². The molecule has 0 amide bonds. The zero-order valence-electron chi connectivity index (χ0n) is 11.3. The molecule has 1 aliphatic rings. The summed E-state index contributed by atoms with van der Waals surface area (Å²) in [7, 11) is 0. The van der Waals surface area contributed by atoms with Gasteiger partial charge in [0.15, 0.2) is 0 Å². The monoisotopic (exact) mass is 259 g/mol. The molecule has 0 spiro atoms. The first-order chi connectivity index (χ1) is 8.22. The van der Waals surface area contributed by atoms with Crippen molar-refractivity contribution in [2.24, 2.45) is 0 Å². The van der Waals surface area contributed by atoms with Crippen molar-refractivity contribution in [2.45, 2.75) is 32.6 Å². The van der Waals surface area contributed by atoms with Crippen molar-refractivity contribution in [3.05, 3.63) is 23.8 Å². The third kappa shape index (κ3) is 5.91. The Morgan fingerprint density at radius 1 is 1.44 bits per heavy atom. The molecule has 6 heteroatoms. The Labute approximate surface area is 130 Å². The molecule has 2 rings (SSSR count). The molecule has 1 aliphatic carbocycles. The first kappa shape index (κ1) is 17.5. The molecule has 1 fully saturated rings. The molecule has 1 heterocycles. The van der Waals surface area contributed by atoms with E-state index in [1.54, 1.807) is 19.3 Å². The molecule has 1 aromatic rings. The van der Waals surface area contributed by atoms with Gasteiger partial charge >= 0.3 is 29.6 Å². The Hall–Kier alpha value is -0.490. The van der Waals surface area contributed by atoms with Crippen LogP contribution in [0.5, 0.6) is 0 Å². The van der Waals surface area contributed by atoms with Crippen LogP contribution in [-0.4, -0.2) is 29.1 Å². The van der Waals surface area contributed by atoms with E-state index in [2.05, 4.69) is 9.97 Å². The Balaban J connectivity index is 0.000000660. The summed E-state index contributed by atoms with van der Waals surface area (Å²) in [5, 5.41) is 16.5. The summed E-state index contributed by atoms with van der Waals surface area (Å²) in [6.45, 7) is 3.92. The first-order valence-corrected chi connectivity index (χ1v) is 5.84. The third-order valence-corrected chi connectivity index (χ3v) is 2.17. The van der Waals surface area contributed by atoms with Crippen LogP contribution >= 0.6 is 0 Å². The van der Waals surface area contributed by atoms with E-state index in [1.807, 2.05) is 6.92 Å². The van der Waals surface area contributed by atoms with Crippen LogP contribution in [0.25, 0.3) is 0 Å². The molecule has 0 aliphatic heterocycles. The van der Waals surface area contributed by atoms with Gasteiger partial charge in [0.2, 0.25) is 5.90 Å². The van der Waals surface area contributed by atoms with Crippen LogP contribution in [0, 0.1) is 5.41 Å². The maximum atomic E-state index is 8.93. The molecule has 1 aromatic heterocycles. The number of nitrogens with zero attached hydrogens (tertiary/aromatic N) is 2. The van der Waals surface area contributed by atoms with Crippen LogP contribution in [0.3, 0.4) is 0 Å². The van der Waals surface area contributed by atoms with Crippen molar-refractivity contribution in [3.8, 4) is 0 Å². The maximum Gasteiger partial charge on any atom is 1.00 e. The van der Waals surface area contributed by atoms with Gasteiger partial charge in [0, 0.05) is 12.1 Å². The predicted molar refractivity (Wildman–Crippen MR) is 63.0 cm³/mol. The summed E-state index contributed by atoms with van der Waals surface area (Å²) < 4.78 is 5.06. The summed E-state index contributed by atoms with van der Waals surface area (Å²) >= 11 is 0. The van der Waals surface area contributed by atoms with Crippen LogP contribution in [0.4, 0.5) is 0 Å². The number of hydrogen-bond donors (Lipinski definition) is 1. The van der Waals surface area contributed by atoms with Gasteiger partial charge in [-0.2, -0.15) is 0 Å². The van der Waals surface area contributed by atoms with Crippen molar-refractivity contribution in [1.82, 2.24) is 9.97 Å². The zero-order chi connectivity index (χ0) is 12.7. The van der Waals surface area contributed by atoms with E-state index in [-0.39, 0.29) is 42.1 Å². The van der Waals surface area contributed by atoms with E-state index in [0.29, 0.717) is 18.2 Å². The van der Waals surface area contributed by atoms with Crippen molar-refractivity contribution < 1.29 is 39.4 Å². The molecule has 0 bridgehead atoms. The van der Waals surface area contributed by atoms with Gasteiger partial charge in [-0.15, -0.1) is 6.61 Å². The molecule has 1 saturated carbocycles. The van der Waals surface area contributed by atoms with E-state index in [1.165, 1.54) is 12.8 Å². The predicted octanol–water partition coefficient (Wildman–Crippen LogP) is -1.91. The fourth-order valence-electron chi connectivity index (χ4n) is 1.28. The molecule has 0 aromatic carbocycles. The topological polar surface area (TPSA) is 81.9 Å². The standard InChI is InChI=1S/C10H13N3O.C2H5O.Na/c1-2-14-10(11)9-6-12-5-8(13-9)7-3-4-7;1-2-3;/h5-7,11H,2-4H2,1H3;2H2,1H3;/q;-1;+1. The Kier molecular flexibility index (Phi) is 9.18. The van der Waals surface area contributed by atoms with Gasteiger partial charge in [-0.25, -0.2) is 4.98 Å².